The highest BCUT2D eigenvalue weighted by atomic mass is 35.5. The molecular formula is C13H15ClN2S. The summed E-state index contributed by atoms with van der Waals surface area (Å²) in [6.45, 7) is 0.788. The normalized spacial score (nSPS) is 10.4. The Morgan fingerprint density at radius 2 is 2.29 bits per heavy atom. The van der Waals surface area contributed by atoms with Crippen molar-refractivity contribution in [3.63, 3.8) is 0 Å². The molecule has 0 radical (unpaired) electrons. The van der Waals surface area contributed by atoms with Crippen LogP contribution in [0.1, 0.15) is 17.0 Å². The zero-order valence-corrected chi connectivity index (χ0v) is 11.1. The van der Waals surface area contributed by atoms with Crippen molar-refractivity contribution >= 4 is 28.6 Å². The third-order valence-corrected chi connectivity index (χ3v) is 3.50. The predicted molar refractivity (Wildman–Crippen MR) is 74.9 cm³/mol. The fraction of sp³-hybridized carbons (Fsp3) is 0.308. The molecule has 0 bridgehead atoms. The smallest absolute Gasteiger partial charge is 0.112 e. The van der Waals surface area contributed by atoms with Crippen LogP contribution in [0.15, 0.2) is 35.8 Å². The molecule has 0 fully saturated rings. The minimum Gasteiger partial charge on any atom is -0.379 e. The number of hydrogen-bond acceptors (Lipinski definition) is 3. The topological polar surface area (TPSA) is 24.9 Å². The Kier molecular flexibility index (Phi) is 4.83. The van der Waals surface area contributed by atoms with E-state index in [1.54, 1.807) is 11.3 Å². The van der Waals surface area contributed by atoms with Crippen molar-refractivity contribution in [1.82, 2.24) is 4.98 Å². The van der Waals surface area contributed by atoms with E-state index in [1.807, 2.05) is 11.6 Å². The number of hydrogen-bond donors (Lipinski definition) is 1. The summed E-state index contributed by atoms with van der Waals surface area (Å²) in [5, 5.41) is 6.48. The number of aryl methyl sites for hydroxylation is 1. The maximum atomic E-state index is 5.70. The SMILES string of the molecule is ClCCCc1cccc(NCc2nccs2)c1. The first kappa shape index (κ1) is 12.4. The number of halogens is 1. The van der Waals surface area contributed by atoms with Crippen molar-refractivity contribution in [3.05, 3.63) is 46.4 Å². The summed E-state index contributed by atoms with van der Waals surface area (Å²) in [6.07, 6.45) is 3.90. The molecule has 1 heterocycles. The van der Waals surface area contributed by atoms with Gasteiger partial charge >= 0.3 is 0 Å². The second kappa shape index (κ2) is 6.62. The van der Waals surface area contributed by atoms with Crippen LogP contribution in [0.3, 0.4) is 0 Å². The van der Waals surface area contributed by atoms with E-state index in [1.165, 1.54) is 5.56 Å². The highest BCUT2D eigenvalue weighted by Crippen LogP contribution is 2.14. The molecule has 17 heavy (non-hydrogen) atoms. The number of anilines is 1. The lowest BCUT2D eigenvalue weighted by atomic mass is 10.1. The monoisotopic (exact) mass is 266 g/mol. The lowest BCUT2D eigenvalue weighted by Crippen LogP contribution is -1.99. The summed E-state index contributed by atoms with van der Waals surface area (Å²) in [4.78, 5) is 4.24. The molecule has 2 rings (SSSR count). The predicted octanol–water partition coefficient (Wildman–Crippen LogP) is 3.93. The van der Waals surface area contributed by atoms with Crippen LogP contribution in [-0.2, 0) is 13.0 Å². The number of nitrogens with one attached hydrogen (secondary N) is 1. The summed E-state index contributed by atoms with van der Waals surface area (Å²) in [5.74, 6) is 0.719. The molecule has 1 aromatic carbocycles. The molecule has 2 nitrogen and oxygen atoms in total. The van der Waals surface area contributed by atoms with Crippen molar-refractivity contribution in [2.75, 3.05) is 11.2 Å². The van der Waals surface area contributed by atoms with Crippen LogP contribution in [0.4, 0.5) is 5.69 Å². The maximum absolute atomic E-state index is 5.70. The molecule has 0 aliphatic carbocycles. The van der Waals surface area contributed by atoms with Crippen molar-refractivity contribution in [1.29, 1.82) is 0 Å². The lowest BCUT2D eigenvalue weighted by Gasteiger charge is -2.06. The molecule has 1 aromatic heterocycles. The summed E-state index contributed by atoms with van der Waals surface area (Å²) in [6, 6.07) is 8.48. The first-order valence-corrected chi connectivity index (χ1v) is 7.07. The molecule has 4 heteroatoms. The second-order valence-corrected chi connectivity index (χ2v) is 5.13. The summed E-state index contributed by atoms with van der Waals surface area (Å²) >= 11 is 7.37. The Morgan fingerprint density at radius 1 is 1.35 bits per heavy atom. The van der Waals surface area contributed by atoms with Gasteiger partial charge in [-0.1, -0.05) is 12.1 Å². The van der Waals surface area contributed by atoms with Gasteiger partial charge in [-0.2, -0.15) is 0 Å². The van der Waals surface area contributed by atoms with Crippen molar-refractivity contribution in [2.45, 2.75) is 19.4 Å². The van der Waals surface area contributed by atoms with E-state index in [0.29, 0.717) is 0 Å². The van der Waals surface area contributed by atoms with E-state index in [-0.39, 0.29) is 0 Å². The van der Waals surface area contributed by atoms with E-state index in [4.69, 9.17) is 11.6 Å². The molecule has 0 atom stereocenters. The fourth-order valence-electron chi connectivity index (χ4n) is 1.63. The van der Waals surface area contributed by atoms with Gasteiger partial charge < -0.3 is 5.32 Å². The van der Waals surface area contributed by atoms with E-state index < -0.39 is 0 Å². The summed E-state index contributed by atoms with van der Waals surface area (Å²) in [7, 11) is 0. The molecule has 0 aliphatic rings. The molecule has 0 aliphatic heterocycles. The Morgan fingerprint density at radius 3 is 3.06 bits per heavy atom. The van der Waals surface area contributed by atoms with E-state index in [2.05, 4.69) is 34.6 Å². The zero-order valence-electron chi connectivity index (χ0n) is 9.53. The Bertz CT molecular complexity index is 442. The summed E-state index contributed by atoms with van der Waals surface area (Å²) in [5.41, 5.74) is 2.47. The number of aromatic nitrogens is 1. The van der Waals surface area contributed by atoms with Gasteiger partial charge in [0.15, 0.2) is 0 Å². The molecule has 2 aromatic rings. The average molecular weight is 267 g/mol. The lowest BCUT2D eigenvalue weighted by molar-refractivity contribution is 0.928. The van der Waals surface area contributed by atoms with E-state index in [9.17, 15) is 0 Å². The Hall–Kier alpha value is -1.06. The largest absolute Gasteiger partial charge is 0.379 e. The number of alkyl halides is 1. The second-order valence-electron chi connectivity index (χ2n) is 3.77. The van der Waals surface area contributed by atoms with Crippen LogP contribution >= 0.6 is 22.9 Å². The van der Waals surface area contributed by atoms with Crippen molar-refractivity contribution in [3.8, 4) is 0 Å². The van der Waals surface area contributed by atoms with Gasteiger partial charge in [0.25, 0.3) is 0 Å². The van der Waals surface area contributed by atoms with Gasteiger partial charge in [0.1, 0.15) is 5.01 Å². The van der Waals surface area contributed by atoms with E-state index >= 15 is 0 Å². The highest BCUT2D eigenvalue weighted by Gasteiger charge is 1.98. The third kappa shape index (κ3) is 4.02. The quantitative estimate of drug-likeness (QED) is 0.802. The van der Waals surface area contributed by atoms with Crippen molar-refractivity contribution < 1.29 is 0 Å². The molecule has 0 unspecified atom stereocenters. The van der Waals surface area contributed by atoms with Crippen molar-refractivity contribution in [2.24, 2.45) is 0 Å². The molecule has 0 saturated carbocycles. The van der Waals surface area contributed by atoms with Gasteiger partial charge in [0.05, 0.1) is 6.54 Å². The molecule has 0 saturated heterocycles. The van der Waals surface area contributed by atoms with E-state index in [0.717, 1.165) is 36.0 Å². The van der Waals surface area contributed by atoms with Crippen LogP contribution in [0, 0.1) is 0 Å². The fourth-order valence-corrected chi connectivity index (χ4v) is 2.32. The van der Waals surface area contributed by atoms with Gasteiger partial charge in [0.2, 0.25) is 0 Å². The van der Waals surface area contributed by atoms with Gasteiger partial charge in [-0.05, 0) is 30.5 Å². The van der Waals surface area contributed by atoms with Crippen LogP contribution in [0.5, 0.6) is 0 Å². The molecule has 90 valence electrons. The van der Waals surface area contributed by atoms with Crippen LogP contribution < -0.4 is 5.32 Å². The minimum absolute atomic E-state index is 0.719. The molecule has 1 N–H and O–H groups in total. The molecule has 0 amide bonds. The summed E-state index contributed by atoms with van der Waals surface area (Å²) < 4.78 is 0. The first-order chi connectivity index (χ1) is 8.38. The van der Waals surface area contributed by atoms with Crippen LogP contribution in [-0.4, -0.2) is 10.9 Å². The van der Waals surface area contributed by atoms with Gasteiger partial charge in [0, 0.05) is 23.1 Å². The first-order valence-electron chi connectivity index (χ1n) is 5.65. The number of nitrogens with zero attached hydrogens (tertiary/aromatic N) is 1. The Labute approximate surface area is 111 Å². The third-order valence-electron chi connectivity index (χ3n) is 2.45. The Balaban J connectivity index is 1.91. The van der Waals surface area contributed by atoms with Gasteiger partial charge in [-0.3, -0.25) is 0 Å². The number of thiazole rings is 1. The molecular weight excluding hydrogens is 252 g/mol. The number of rotatable bonds is 6. The van der Waals surface area contributed by atoms with Gasteiger partial charge in [-0.15, -0.1) is 22.9 Å². The van der Waals surface area contributed by atoms with Crippen LogP contribution in [0.25, 0.3) is 0 Å². The van der Waals surface area contributed by atoms with Crippen LogP contribution in [0.2, 0.25) is 0 Å². The zero-order chi connectivity index (χ0) is 11.9. The molecule has 0 spiro atoms. The average Bonchev–Trinajstić information content (AvgIpc) is 2.87. The standard InChI is InChI=1S/C13H15ClN2S/c14-6-2-4-11-3-1-5-12(9-11)16-10-13-15-7-8-17-13/h1,3,5,7-9,16H,2,4,6,10H2. The number of benzene rings is 1. The minimum atomic E-state index is 0.719. The van der Waals surface area contributed by atoms with Gasteiger partial charge in [-0.25, -0.2) is 4.98 Å². The highest BCUT2D eigenvalue weighted by molar-refractivity contribution is 7.09. The maximum Gasteiger partial charge on any atom is 0.112 e.